The molecule has 0 spiro atoms. The van der Waals surface area contributed by atoms with Crippen molar-refractivity contribution in [3.8, 4) is 0 Å². The molecule has 86 valence electrons. The fraction of sp³-hybridized carbons (Fsp3) is 0.143. The first-order chi connectivity index (χ1) is 8.09. The summed E-state index contributed by atoms with van der Waals surface area (Å²) in [7, 11) is 0. The summed E-state index contributed by atoms with van der Waals surface area (Å²) in [4.78, 5) is 16.3. The Hall–Kier alpha value is -1.48. The van der Waals surface area contributed by atoms with E-state index in [1.165, 1.54) is 0 Å². The molecular formula is C14H12BrNO. The summed E-state index contributed by atoms with van der Waals surface area (Å²) in [6, 6.07) is 7.47. The van der Waals surface area contributed by atoms with E-state index in [4.69, 9.17) is 0 Å². The van der Waals surface area contributed by atoms with E-state index in [-0.39, 0.29) is 5.78 Å². The average molecular weight is 290 g/mol. The van der Waals surface area contributed by atoms with Gasteiger partial charge in [-0.25, -0.2) is 0 Å². The maximum absolute atomic E-state index is 12.3. The highest BCUT2D eigenvalue weighted by atomic mass is 79.9. The first-order valence-electron chi connectivity index (χ1n) is 5.31. The number of aryl methyl sites for hydroxylation is 2. The predicted molar refractivity (Wildman–Crippen MR) is 71.3 cm³/mol. The van der Waals surface area contributed by atoms with E-state index in [0.29, 0.717) is 11.1 Å². The van der Waals surface area contributed by atoms with E-state index < -0.39 is 0 Å². The molecule has 0 saturated carbocycles. The molecule has 0 unspecified atom stereocenters. The van der Waals surface area contributed by atoms with E-state index >= 15 is 0 Å². The van der Waals surface area contributed by atoms with Crippen molar-refractivity contribution < 1.29 is 4.79 Å². The molecule has 0 N–H and O–H groups in total. The van der Waals surface area contributed by atoms with E-state index in [2.05, 4.69) is 20.9 Å². The number of hydrogen-bond acceptors (Lipinski definition) is 2. The Bertz CT molecular complexity index is 578. The van der Waals surface area contributed by atoms with Gasteiger partial charge in [-0.05, 0) is 37.1 Å². The second-order valence-electron chi connectivity index (χ2n) is 3.98. The third-order valence-corrected chi connectivity index (χ3v) is 3.57. The molecule has 1 aromatic heterocycles. The minimum Gasteiger partial charge on any atom is -0.289 e. The quantitative estimate of drug-likeness (QED) is 0.789. The number of nitrogens with zero attached hydrogens (tertiary/aromatic N) is 1. The van der Waals surface area contributed by atoms with Crippen LogP contribution in [0.15, 0.2) is 41.1 Å². The average Bonchev–Trinajstić information content (AvgIpc) is 2.32. The van der Waals surface area contributed by atoms with Gasteiger partial charge < -0.3 is 0 Å². The van der Waals surface area contributed by atoms with Gasteiger partial charge in [0.2, 0.25) is 0 Å². The van der Waals surface area contributed by atoms with Gasteiger partial charge in [-0.3, -0.25) is 9.78 Å². The van der Waals surface area contributed by atoms with Crippen molar-refractivity contribution in [2.75, 3.05) is 0 Å². The summed E-state index contributed by atoms with van der Waals surface area (Å²) in [5.41, 5.74) is 3.40. The monoisotopic (exact) mass is 289 g/mol. The Balaban J connectivity index is 2.44. The highest BCUT2D eigenvalue weighted by Crippen LogP contribution is 2.20. The molecule has 0 aliphatic heterocycles. The zero-order valence-corrected chi connectivity index (χ0v) is 11.3. The van der Waals surface area contributed by atoms with Crippen LogP contribution in [0, 0.1) is 13.8 Å². The Morgan fingerprint density at radius 1 is 1.18 bits per heavy atom. The number of ketones is 1. The van der Waals surface area contributed by atoms with Crippen LogP contribution in [0.2, 0.25) is 0 Å². The molecule has 0 bridgehead atoms. The number of benzene rings is 1. The SMILES string of the molecule is Cc1ccc(C(=O)c2cnccc2C)cc1Br. The van der Waals surface area contributed by atoms with E-state index in [0.717, 1.165) is 15.6 Å². The summed E-state index contributed by atoms with van der Waals surface area (Å²) in [6.45, 7) is 3.91. The summed E-state index contributed by atoms with van der Waals surface area (Å²) in [6.07, 6.45) is 3.31. The van der Waals surface area contributed by atoms with Crippen LogP contribution in [-0.2, 0) is 0 Å². The normalized spacial score (nSPS) is 10.3. The van der Waals surface area contributed by atoms with Crippen LogP contribution >= 0.6 is 15.9 Å². The largest absolute Gasteiger partial charge is 0.289 e. The molecule has 0 aliphatic rings. The molecule has 3 heteroatoms. The zero-order chi connectivity index (χ0) is 12.4. The van der Waals surface area contributed by atoms with E-state index in [1.54, 1.807) is 12.4 Å². The highest BCUT2D eigenvalue weighted by molar-refractivity contribution is 9.10. The molecule has 0 atom stereocenters. The Morgan fingerprint density at radius 2 is 1.94 bits per heavy atom. The number of halogens is 1. The maximum Gasteiger partial charge on any atom is 0.194 e. The van der Waals surface area contributed by atoms with Gasteiger partial charge in [-0.2, -0.15) is 0 Å². The van der Waals surface area contributed by atoms with Gasteiger partial charge in [0.05, 0.1) is 0 Å². The van der Waals surface area contributed by atoms with Gasteiger partial charge in [0.15, 0.2) is 5.78 Å². The molecule has 0 radical (unpaired) electrons. The molecule has 2 aromatic rings. The zero-order valence-electron chi connectivity index (χ0n) is 9.70. The van der Waals surface area contributed by atoms with Gasteiger partial charge in [0.25, 0.3) is 0 Å². The van der Waals surface area contributed by atoms with Gasteiger partial charge in [0.1, 0.15) is 0 Å². The van der Waals surface area contributed by atoms with Crippen LogP contribution < -0.4 is 0 Å². The standard InChI is InChI=1S/C14H12BrNO/c1-9-5-6-16-8-12(9)14(17)11-4-3-10(2)13(15)7-11/h3-8H,1-2H3. The van der Waals surface area contributed by atoms with Crippen LogP contribution in [0.5, 0.6) is 0 Å². The van der Waals surface area contributed by atoms with Crippen molar-refractivity contribution in [3.63, 3.8) is 0 Å². The van der Waals surface area contributed by atoms with Crippen LogP contribution in [-0.4, -0.2) is 10.8 Å². The minimum atomic E-state index is 0.0105. The lowest BCUT2D eigenvalue weighted by molar-refractivity contribution is 0.103. The number of carbonyl (C=O) groups is 1. The number of rotatable bonds is 2. The molecule has 2 nitrogen and oxygen atoms in total. The van der Waals surface area contributed by atoms with Gasteiger partial charge in [-0.15, -0.1) is 0 Å². The first-order valence-corrected chi connectivity index (χ1v) is 6.10. The van der Waals surface area contributed by atoms with Crippen LogP contribution in [0.25, 0.3) is 0 Å². The maximum atomic E-state index is 12.3. The van der Waals surface area contributed by atoms with Gasteiger partial charge in [0, 0.05) is 28.0 Å². The molecule has 1 aromatic carbocycles. The topological polar surface area (TPSA) is 30.0 Å². The second-order valence-corrected chi connectivity index (χ2v) is 4.84. The molecule has 0 saturated heterocycles. The summed E-state index contributed by atoms with van der Waals surface area (Å²) in [5, 5.41) is 0. The molecular weight excluding hydrogens is 278 g/mol. The molecule has 2 rings (SSSR count). The smallest absolute Gasteiger partial charge is 0.194 e. The predicted octanol–water partition coefficient (Wildman–Crippen LogP) is 3.69. The van der Waals surface area contributed by atoms with E-state index in [9.17, 15) is 4.79 Å². The summed E-state index contributed by atoms with van der Waals surface area (Å²) < 4.78 is 0.949. The minimum absolute atomic E-state index is 0.0105. The fourth-order valence-corrected chi connectivity index (χ4v) is 1.97. The number of aromatic nitrogens is 1. The lowest BCUT2D eigenvalue weighted by Gasteiger charge is -2.05. The van der Waals surface area contributed by atoms with Gasteiger partial charge in [-0.1, -0.05) is 28.1 Å². The van der Waals surface area contributed by atoms with Crippen LogP contribution in [0.3, 0.4) is 0 Å². The Morgan fingerprint density at radius 3 is 2.59 bits per heavy atom. The van der Waals surface area contributed by atoms with E-state index in [1.807, 2.05) is 38.1 Å². The summed E-state index contributed by atoms with van der Waals surface area (Å²) >= 11 is 3.44. The number of hydrogen-bond donors (Lipinski definition) is 0. The lowest BCUT2D eigenvalue weighted by Crippen LogP contribution is -2.04. The number of carbonyl (C=O) groups excluding carboxylic acids is 1. The summed E-state index contributed by atoms with van der Waals surface area (Å²) in [5.74, 6) is 0.0105. The number of pyridine rings is 1. The first kappa shape index (κ1) is 12.0. The van der Waals surface area contributed by atoms with Crippen molar-refractivity contribution in [1.29, 1.82) is 0 Å². The third-order valence-electron chi connectivity index (χ3n) is 2.72. The van der Waals surface area contributed by atoms with Crippen molar-refractivity contribution in [2.24, 2.45) is 0 Å². The molecule has 0 aliphatic carbocycles. The third kappa shape index (κ3) is 2.44. The van der Waals surface area contributed by atoms with Crippen molar-refractivity contribution in [2.45, 2.75) is 13.8 Å². The van der Waals surface area contributed by atoms with Crippen molar-refractivity contribution in [1.82, 2.24) is 4.98 Å². The lowest BCUT2D eigenvalue weighted by atomic mass is 10.0. The van der Waals surface area contributed by atoms with Gasteiger partial charge >= 0.3 is 0 Å². The highest BCUT2D eigenvalue weighted by Gasteiger charge is 2.12. The molecule has 17 heavy (non-hydrogen) atoms. The Kier molecular flexibility index (Phi) is 3.38. The van der Waals surface area contributed by atoms with Crippen molar-refractivity contribution >= 4 is 21.7 Å². The fourth-order valence-electron chi connectivity index (χ4n) is 1.59. The van der Waals surface area contributed by atoms with Crippen LogP contribution in [0.1, 0.15) is 27.0 Å². The van der Waals surface area contributed by atoms with Crippen molar-refractivity contribution in [3.05, 3.63) is 63.4 Å². The molecule has 0 amide bonds. The molecule has 0 fully saturated rings. The van der Waals surface area contributed by atoms with Crippen LogP contribution in [0.4, 0.5) is 0 Å². The Labute approximate surface area is 109 Å². The second kappa shape index (κ2) is 4.80. The molecule has 1 heterocycles.